The van der Waals surface area contributed by atoms with E-state index in [-0.39, 0.29) is 23.7 Å². The topological polar surface area (TPSA) is 61.4 Å². The average Bonchev–Trinajstić information content (AvgIpc) is 2.47. The predicted octanol–water partition coefficient (Wildman–Crippen LogP) is -0.0294. The maximum absolute atomic E-state index is 12.3. The Bertz CT molecular complexity index is 305. The number of hydrogen-bond donors (Lipinski definition) is 2. The van der Waals surface area contributed by atoms with Crippen LogP contribution >= 0.6 is 0 Å². The lowest BCUT2D eigenvalue weighted by atomic mass is 9.93. The zero-order valence-corrected chi connectivity index (χ0v) is 11.1. The second-order valence-electron chi connectivity index (χ2n) is 5.26. The fourth-order valence-corrected chi connectivity index (χ4v) is 2.89. The van der Waals surface area contributed by atoms with Gasteiger partial charge in [0, 0.05) is 32.6 Å². The van der Waals surface area contributed by atoms with Gasteiger partial charge in [-0.1, -0.05) is 0 Å². The normalized spacial score (nSPS) is 25.8. The van der Waals surface area contributed by atoms with Crippen LogP contribution in [0.2, 0.25) is 0 Å². The molecule has 0 radical (unpaired) electrons. The molecule has 2 N–H and O–H groups in total. The van der Waals surface area contributed by atoms with Crippen LogP contribution in [0.1, 0.15) is 25.7 Å². The van der Waals surface area contributed by atoms with Crippen molar-refractivity contribution in [1.29, 1.82) is 0 Å². The van der Waals surface area contributed by atoms with E-state index in [0.717, 1.165) is 51.9 Å². The Labute approximate surface area is 108 Å². The van der Waals surface area contributed by atoms with Crippen molar-refractivity contribution in [1.82, 2.24) is 15.5 Å². The summed E-state index contributed by atoms with van der Waals surface area (Å²) in [6.45, 7) is 3.30. The number of nitrogens with zero attached hydrogens (tertiary/aromatic N) is 1. The van der Waals surface area contributed by atoms with E-state index < -0.39 is 0 Å². The zero-order valence-electron chi connectivity index (χ0n) is 11.1. The monoisotopic (exact) mass is 253 g/mol. The molecule has 0 spiro atoms. The Morgan fingerprint density at radius 3 is 2.44 bits per heavy atom. The van der Waals surface area contributed by atoms with Gasteiger partial charge in [0.15, 0.2) is 0 Å². The van der Waals surface area contributed by atoms with Gasteiger partial charge in [0.2, 0.25) is 11.8 Å². The summed E-state index contributed by atoms with van der Waals surface area (Å²) in [6.07, 6.45) is 3.68. The molecule has 2 rings (SSSR count). The van der Waals surface area contributed by atoms with Crippen LogP contribution in [-0.4, -0.2) is 49.9 Å². The number of piperidine rings is 2. The van der Waals surface area contributed by atoms with Crippen LogP contribution in [0.15, 0.2) is 0 Å². The summed E-state index contributed by atoms with van der Waals surface area (Å²) in [5.74, 6) is 0.623. The first kappa shape index (κ1) is 13.3. The second kappa shape index (κ2) is 6.18. The SMILES string of the molecule is CNC(=O)C1CCN(C(=O)[C@@H]2CCCNC2)CC1. The van der Waals surface area contributed by atoms with Crippen LogP contribution in [0.5, 0.6) is 0 Å². The van der Waals surface area contributed by atoms with Crippen LogP contribution < -0.4 is 10.6 Å². The Hall–Kier alpha value is -1.10. The smallest absolute Gasteiger partial charge is 0.226 e. The van der Waals surface area contributed by atoms with Crippen molar-refractivity contribution in [3.8, 4) is 0 Å². The molecule has 1 atom stereocenters. The highest BCUT2D eigenvalue weighted by molar-refractivity contribution is 5.81. The first-order valence-corrected chi connectivity index (χ1v) is 6.93. The number of carbonyl (C=O) groups excluding carboxylic acids is 2. The molecule has 2 aliphatic rings. The zero-order chi connectivity index (χ0) is 13.0. The first-order valence-electron chi connectivity index (χ1n) is 6.93. The Balaban J connectivity index is 1.81. The second-order valence-corrected chi connectivity index (χ2v) is 5.26. The third-order valence-electron chi connectivity index (χ3n) is 4.07. The van der Waals surface area contributed by atoms with E-state index in [2.05, 4.69) is 10.6 Å². The largest absolute Gasteiger partial charge is 0.359 e. The molecule has 0 saturated carbocycles. The fraction of sp³-hybridized carbons (Fsp3) is 0.846. The van der Waals surface area contributed by atoms with E-state index in [4.69, 9.17) is 0 Å². The van der Waals surface area contributed by atoms with Gasteiger partial charge < -0.3 is 15.5 Å². The van der Waals surface area contributed by atoms with Crippen LogP contribution in [0, 0.1) is 11.8 Å². The van der Waals surface area contributed by atoms with Gasteiger partial charge in [0.25, 0.3) is 0 Å². The molecular weight excluding hydrogens is 230 g/mol. The number of likely N-dealkylation sites (tertiary alicyclic amines) is 1. The molecule has 2 fully saturated rings. The molecule has 0 aromatic rings. The minimum atomic E-state index is 0.0866. The Morgan fingerprint density at radius 1 is 1.17 bits per heavy atom. The van der Waals surface area contributed by atoms with Crippen molar-refractivity contribution >= 4 is 11.8 Å². The van der Waals surface area contributed by atoms with Crippen LogP contribution in [0.4, 0.5) is 0 Å². The minimum absolute atomic E-state index is 0.0866. The predicted molar refractivity (Wildman–Crippen MR) is 69.0 cm³/mol. The highest BCUT2D eigenvalue weighted by Crippen LogP contribution is 2.21. The van der Waals surface area contributed by atoms with Gasteiger partial charge in [-0.15, -0.1) is 0 Å². The molecule has 2 aliphatic heterocycles. The van der Waals surface area contributed by atoms with Crippen molar-refractivity contribution in [3.05, 3.63) is 0 Å². The van der Waals surface area contributed by atoms with Crippen LogP contribution in [0.25, 0.3) is 0 Å². The summed E-state index contributed by atoms with van der Waals surface area (Å²) in [6, 6.07) is 0. The first-order chi connectivity index (χ1) is 8.72. The molecule has 2 heterocycles. The standard InChI is InChI=1S/C13H23N3O2/c1-14-12(17)10-4-7-16(8-5-10)13(18)11-3-2-6-15-9-11/h10-11,15H,2-9H2,1H3,(H,14,17)/t11-/m1/s1. The molecule has 0 aromatic heterocycles. The molecule has 18 heavy (non-hydrogen) atoms. The third-order valence-corrected chi connectivity index (χ3v) is 4.07. The lowest BCUT2D eigenvalue weighted by molar-refractivity contribution is -0.139. The Kier molecular flexibility index (Phi) is 4.58. The van der Waals surface area contributed by atoms with Gasteiger partial charge in [0.05, 0.1) is 5.92 Å². The van der Waals surface area contributed by atoms with Crippen molar-refractivity contribution in [2.45, 2.75) is 25.7 Å². The van der Waals surface area contributed by atoms with E-state index >= 15 is 0 Å². The number of amides is 2. The van der Waals surface area contributed by atoms with E-state index in [9.17, 15) is 9.59 Å². The van der Waals surface area contributed by atoms with Gasteiger partial charge in [-0.05, 0) is 32.2 Å². The average molecular weight is 253 g/mol. The number of carbonyl (C=O) groups is 2. The molecule has 5 nitrogen and oxygen atoms in total. The van der Waals surface area contributed by atoms with E-state index in [1.54, 1.807) is 7.05 Å². The molecule has 0 bridgehead atoms. The lowest BCUT2D eigenvalue weighted by Gasteiger charge is -2.34. The van der Waals surface area contributed by atoms with Crippen LogP contribution in [0.3, 0.4) is 0 Å². The lowest BCUT2D eigenvalue weighted by Crippen LogP contribution is -2.47. The third kappa shape index (κ3) is 3.02. The molecule has 5 heteroatoms. The van der Waals surface area contributed by atoms with Crippen molar-refractivity contribution in [3.63, 3.8) is 0 Å². The summed E-state index contributed by atoms with van der Waals surface area (Å²) in [5.41, 5.74) is 0. The van der Waals surface area contributed by atoms with E-state index in [1.807, 2.05) is 4.90 Å². The van der Waals surface area contributed by atoms with Crippen molar-refractivity contribution in [2.75, 3.05) is 33.2 Å². The maximum Gasteiger partial charge on any atom is 0.226 e. The molecule has 102 valence electrons. The van der Waals surface area contributed by atoms with Gasteiger partial charge in [0.1, 0.15) is 0 Å². The molecule has 2 saturated heterocycles. The molecular formula is C13H23N3O2. The van der Waals surface area contributed by atoms with Gasteiger partial charge >= 0.3 is 0 Å². The van der Waals surface area contributed by atoms with Gasteiger partial charge in [-0.2, -0.15) is 0 Å². The van der Waals surface area contributed by atoms with Crippen molar-refractivity contribution in [2.24, 2.45) is 11.8 Å². The van der Waals surface area contributed by atoms with Crippen molar-refractivity contribution < 1.29 is 9.59 Å². The summed E-state index contributed by atoms with van der Waals surface area (Å²) >= 11 is 0. The highest BCUT2D eigenvalue weighted by Gasteiger charge is 2.30. The maximum atomic E-state index is 12.3. The van der Waals surface area contributed by atoms with Gasteiger partial charge in [-0.25, -0.2) is 0 Å². The Morgan fingerprint density at radius 2 is 1.89 bits per heavy atom. The number of rotatable bonds is 2. The summed E-state index contributed by atoms with van der Waals surface area (Å²) in [5, 5.41) is 5.97. The summed E-state index contributed by atoms with van der Waals surface area (Å²) in [7, 11) is 1.67. The molecule has 0 aliphatic carbocycles. The summed E-state index contributed by atoms with van der Waals surface area (Å²) in [4.78, 5) is 25.7. The van der Waals surface area contributed by atoms with E-state index in [0.29, 0.717) is 0 Å². The minimum Gasteiger partial charge on any atom is -0.359 e. The number of hydrogen-bond acceptors (Lipinski definition) is 3. The molecule has 0 aromatic carbocycles. The summed E-state index contributed by atoms with van der Waals surface area (Å²) < 4.78 is 0. The fourth-order valence-electron chi connectivity index (χ4n) is 2.89. The highest BCUT2D eigenvalue weighted by atomic mass is 16.2. The van der Waals surface area contributed by atoms with E-state index in [1.165, 1.54) is 0 Å². The van der Waals surface area contributed by atoms with Gasteiger partial charge in [-0.3, -0.25) is 9.59 Å². The number of nitrogens with one attached hydrogen (secondary N) is 2. The molecule has 2 amide bonds. The molecule has 0 unspecified atom stereocenters. The van der Waals surface area contributed by atoms with Crippen LogP contribution in [-0.2, 0) is 9.59 Å². The quantitative estimate of drug-likeness (QED) is 0.726.